The van der Waals surface area contributed by atoms with Crippen LogP contribution in [0.15, 0.2) is 80.9 Å². The van der Waals surface area contributed by atoms with Crippen molar-refractivity contribution in [2.24, 2.45) is 16.8 Å². The Balaban J connectivity index is 1.41. The third kappa shape index (κ3) is 7.07. The van der Waals surface area contributed by atoms with Gasteiger partial charge in [0.25, 0.3) is 5.91 Å². The lowest BCUT2D eigenvalue weighted by atomic mass is 9.87. The minimum atomic E-state index is -0.680. The highest BCUT2D eigenvalue weighted by Crippen LogP contribution is 2.35. The Labute approximate surface area is 263 Å². The number of aryl methyl sites for hydroxylation is 1. The molecule has 44 heavy (non-hydrogen) atoms. The molecule has 3 atom stereocenters. The third-order valence-electron chi connectivity index (χ3n) is 8.55. The van der Waals surface area contributed by atoms with Gasteiger partial charge in [0.1, 0.15) is 17.4 Å². The van der Waals surface area contributed by atoms with Crippen LogP contribution in [0.2, 0.25) is 5.02 Å². The largest absolute Gasteiger partial charge is 0.423 e. The number of allylic oxidation sites excluding steroid dienone is 3. The first kappa shape index (κ1) is 31.5. The first-order chi connectivity index (χ1) is 21.3. The van der Waals surface area contributed by atoms with Gasteiger partial charge in [-0.3, -0.25) is 10.1 Å². The van der Waals surface area contributed by atoms with E-state index in [1.807, 2.05) is 25.1 Å². The van der Waals surface area contributed by atoms with E-state index in [0.717, 1.165) is 37.7 Å². The van der Waals surface area contributed by atoms with Gasteiger partial charge in [0.05, 0.1) is 5.57 Å². The first-order valence-corrected chi connectivity index (χ1v) is 16.0. The van der Waals surface area contributed by atoms with Gasteiger partial charge in [-0.2, -0.15) is 4.98 Å². The number of nitrogens with one attached hydrogen (secondary N) is 3. The van der Waals surface area contributed by atoms with Gasteiger partial charge < -0.3 is 15.1 Å². The minimum Gasteiger partial charge on any atom is -0.423 e. The Kier molecular flexibility index (Phi) is 10.2. The lowest BCUT2D eigenvalue weighted by molar-refractivity contribution is -0.117. The van der Waals surface area contributed by atoms with Crippen LogP contribution in [-0.2, 0) is 11.2 Å². The van der Waals surface area contributed by atoms with Gasteiger partial charge in [-0.05, 0) is 68.2 Å². The molecule has 2 heterocycles. The van der Waals surface area contributed by atoms with Gasteiger partial charge in [-0.25, -0.2) is 9.38 Å². The molecule has 2 aromatic carbocycles. The Morgan fingerprint density at radius 2 is 2.05 bits per heavy atom. The molecule has 1 aliphatic carbocycles. The number of benzene rings is 2. The van der Waals surface area contributed by atoms with Gasteiger partial charge in [-0.1, -0.05) is 81.6 Å². The Morgan fingerprint density at radius 3 is 2.82 bits per heavy atom. The summed E-state index contributed by atoms with van der Waals surface area (Å²) >= 11 is 6.64. The van der Waals surface area contributed by atoms with Crippen molar-refractivity contribution in [3.63, 3.8) is 0 Å². The molecule has 5 rings (SSSR count). The van der Waals surface area contributed by atoms with Crippen molar-refractivity contribution in [3.8, 4) is 0 Å². The molecule has 1 amide bonds. The molecule has 1 aromatic heterocycles. The average Bonchev–Trinajstić information content (AvgIpc) is 3.26. The maximum atomic E-state index is 14.6. The number of anilines is 1. The number of hydrogen-bond acceptors (Lipinski definition) is 6. The van der Waals surface area contributed by atoms with E-state index in [1.165, 1.54) is 6.07 Å². The van der Waals surface area contributed by atoms with Crippen LogP contribution in [0.3, 0.4) is 0 Å². The van der Waals surface area contributed by atoms with Crippen LogP contribution in [0.5, 0.6) is 0 Å². The molecule has 3 aromatic rings. The zero-order valence-electron chi connectivity index (χ0n) is 25.8. The van der Waals surface area contributed by atoms with E-state index in [1.54, 1.807) is 12.1 Å². The van der Waals surface area contributed by atoms with Gasteiger partial charge in [0.15, 0.2) is 5.58 Å². The number of amides is 1. The second-order valence-electron chi connectivity index (χ2n) is 11.6. The quantitative estimate of drug-likeness (QED) is 0.212. The number of halogens is 2. The Hall–Kier alpha value is -3.91. The maximum absolute atomic E-state index is 14.6. The summed E-state index contributed by atoms with van der Waals surface area (Å²) in [4.78, 5) is 23.2. The summed E-state index contributed by atoms with van der Waals surface area (Å²) in [7, 11) is 0. The molecule has 0 radical (unpaired) electrons. The molecular weight excluding hydrogens is 577 g/mol. The summed E-state index contributed by atoms with van der Waals surface area (Å²) in [5, 5.41) is 9.95. The second-order valence-corrected chi connectivity index (χ2v) is 12.0. The summed E-state index contributed by atoms with van der Waals surface area (Å²) < 4.78 is 20.6. The molecule has 0 fully saturated rings. The normalized spacial score (nSPS) is 19.2. The smallest absolute Gasteiger partial charge is 0.302 e. The third-order valence-corrected chi connectivity index (χ3v) is 8.89. The number of hydrogen-bond donors (Lipinski definition) is 3. The van der Waals surface area contributed by atoms with E-state index in [9.17, 15) is 9.18 Å². The predicted octanol–water partition coefficient (Wildman–Crippen LogP) is 8.40. The zero-order chi connectivity index (χ0) is 31.2. The number of unbranched alkanes of at least 4 members (excludes halogenated alkanes) is 1. The molecule has 3 unspecified atom stereocenters. The van der Waals surface area contributed by atoms with E-state index in [-0.39, 0.29) is 17.7 Å². The van der Waals surface area contributed by atoms with Crippen molar-refractivity contribution in [2.45, 2.75) is 72.3 Å². The van der Waals surface area contributed by atoms with Crippen molar-refractivity contribution in [2.75, 3.05) is 11.9 Å². The number of rotatable bonds is 10. The van der Waals surface area contributed by atoms with Gasteiger partial charge in [0, 0.05) is 28.4 Å². The van der Waals surface area contributed by atoms with Crippen LogP contribution in [0.1, 0.15) is 77.0 Å². The van der Waals surface area contributed by atoms with Gasteiger partial charge in [0.2, 0.25) is 5.96 Å². The fraction of sp³-hybridized carbons (Fsp3) is 0.400. The number of aliphatic imine (C=N–C) groups is 1. The molecule has 1 aliphatic heterocycles. The second kappa shape index (κ2) is 14.2. The van der Waals surface area contributed by atoms with Crippen molar-refractivity contribution >= 4 is 40.6 Å². The Morgan fingerprint density at radius 1 is 1.23 bits per heavy atom. The van der Waals surface area contributed by atoms with Crippen LogP contribution in [-0.4, -0.2) is 23.4 Å². The summed E-state index contributed by atoms with van der Waals surface area (Å²) in [6, 6.07) is 9.91. The highest BCUT2D eigenvalue weighted by Gasteiger charge is 2.31. The lowest BCUT2D eigenvalue weighted by Gasteiger charge is -2.27. The summed E-state index contributed by atoms with van der Waals surface area (Å²) in [5.41, 5.74) is 4.40. The minimum absolute atomic E-state index is 0.177. The molecule has 2 aliphatic rings. The van der Waals surface area contributed by atoms with E-state index in [2.05, 4.69) is 59.9 Å². The van der Waals surface area contributed by atoms with Crippen LogP contribution < -0.4 is 16.0 Å². The number of nitrogens with zero attached hydrogens (tertiary/aromatic N) is 2. The lowest BCUT2D eigenvalue weighted by Crippen LogP contribution is -2.39. The molecule has 0 bridgehead atoms. The number of fused-ring (bicyclic) bond motifs is 1. The monoisotopic (exact) mass is 617 g/mol. The van der Waals surface area contributed by atoms with Crippen molar-refractivity contribution < 1.29 is 13.6 Å². The van der Waals surface area contributed by atoms with Gasteiger partial charge >= 0.3 is 6.01 Å². The standard InChI is InChI=1S/C35H41ClFN5O2/c1-5-7-14-26-28(37)17-18-29-32(26)44-35(40-29)42-34-39-22(4)30(31(41-34)25-15-10-11-16-27(25)36)33(43)38-20-23-12-8-9-13-24(19-23)21(3)6-2/h8,10-12,15-19,21,24,31H,5-7,9,13-14,20H2,1-4H3,(H,38,43)(H2,39,40,41,42). The van der Waals surface area contributed by atoms with Crippen molar-refractivity contribution in [1.82, 2.24) is 15.6 Å². The first-order valence-electron chi connectivity index (χ1n) is 15.6. The molecular formula is C35H41ClFN5O2. The average molecular weight is 618 g/mol. The van der Waals surface area contributed by atoms with Crippen molar-refractivity contribution in [1.29, 1.82) is 0 Å². The summed E-state index contributed by atoms with van der Waals surface area (Å²) in [5.74, 6) is 0.886. The van der Waals surface area contributed by atoms with Gasteiger partial charge in [-0.15, -0.1) is 0 Å². The predicted molar refractivity (Wildman–Crippen MR) is 176 cm³/mol. The highest BCUT2D eigenvalue weighted by atomic mass is 35.5. The Bertz CT molecular complexity index is 1640. The van der Waals surface area contributed by atoms with Crippen LogP contribution >= 0.6 is 11.6 Å². The fourth-order valence-electron chi connectivity index (χ4n) is 5.80. The molecule has 3 N–H and O–H groups in total. The molecule has 0 saturated heterocycles. The molecule has 232 valence electrons. The van der Waals surface area contributed by atoms with E-state index >= 15 is 0 Å². The summed E-state index contributed by atoms with van der Waals surface area (Å²) in [6.45, 7) is 8.82. The number of guanidine groups is 1. The maximum Gasteiger partial charge on any atom is 0.302 e. The molecule has 9 heteroatoms. The summed E-state index contributed by atoms with van der Waals surface area (Å²) in [6.07, 6.45) is 12.2. The van der Waals surface area contributed by atoms with E-state index < -0.39 is 6.04 Å². The topological polar surface area (TPSA) is 91.5 Å². The van der Waals surface area contributed by atoms with E-state index in [0.29, 0.717) is 69.3 Å². The SMILES string of the molecule is CCCCc1c(F)ccc2nc(NC3=NC(c4ccccc4Cl)C(C(=O)NCC4=CC(C(C)CC)CCC=C4)=C(C)N3)oc12. The molecule has 0 spiro atoms. The number of carbonyl (C=O) groups is 1. The van der Waals surface area contributed by atoms with Crippen LogP contribution in [0.25, 0.3) is 11.1 Å². The van der Waals surface area contributed by atoms with Crippen molar-refractivity contribution in [3.05, 3.63) is 93.4 Å². The number of oxazole rings is 1. The van der Waals surface area contributed by atoms with Crippen LogP contribution in [0.4, 0.5) is 10.4 Å². The fourth-order valence-corrected chi connectivity index (χ4v) is 6.04. The number of aromatic nitrogens is 1. The zero-order valence-corrected chi connectivity index (χ0v) is 26.6. The van der Waals surface area contributed by atoms with Crippen LogP contribution in [0, 0.1) is 17.7 Å². The highest BCUT2D eigenvalue weighted by molar-refractivity contribution is 6.31. The molecule has 0 saturated carbocycles. The molecule has 7 nitrogen and oxygen atoms in total. The number of carbonyl (C=O) groups excluding carboxylic acids is 1. The van der Waals surface area contributed by atoms with E-state index in [4.69, 9.17) is 21.0 Å².